The molecule has 2 aliphatic heterocycles. The van der Waals surface area contributed by atoms with Crippen LogP contribution in [0.3, 0.4) is 0 Å². The third-order valence-corrected chi connectivity index (χ3v) is 6.07. The maximum absolute atomic E-state index is 13.2. The van der Waals surface area contributed by atoms with Gasteiger partial charge >= 0.3 is 0 Å². The molecule has 10 heteroatoms. The van der Waals surface area contributed by atoms with Crippen molar-refractivity contribution in [2.24, 2.45) is 0 Å². The topological polar surface area (TPSA) is 93.7 Å². The molecule has 0 radical (unpaired) electrons. The first-order chi connectivity index (χ1) is 15.1. The molecule has 158 valence electrons. The predicted molar refractivity (Wildman–Crippen MR) is 111 cm³/mol. The zero-order chi connectivity index (χ0) is 21.4. The van der Waals surface area contributed by atoms with Gasteiger partial charge in [0.15, 0.2) is 11.5 Å². The summed E-state index contributed by atoms with van der Waals surface area (Å²) in [6.45, 7) is 0.650. The van der Waals surface area contributed by atoms with Gasteiger partial charge in [0.1, 0.15) is 16.9 Å². The van der Waals surface area contributed by atoms with E-state index in [4.69, 9.17) is 9.47 Å². The number of hydrogen-bond acceptors (Lipinski definition) is 7. The molecule has 1 unspecified atom stereocenters. The number of benzene rings is 2. The standard InChI is InChI=1S/C21H17FN4O4S/c22-14-6-3-12(4-7-14)20(28)26-9-1-2-15(26)18(27)23-21-25-24-19(31-21)13-5-8-16-17(10-13)30-11-29-16/h3-8,10,15H,1-2,9,11H2,(H,23,25,27). The Balaban J connectivity index is 1.28. The number of nitrogens with zero attached hydrogens (tertiary/aromatic N) is 3. The summed E-state index contributed by atoms with van der Waals surface area (Å²) in [5.74, 6) is 0.284. The highest BCUT2D eigenvalue weighted by molar-refractivity contribution is 7.18. The summed E-state index contributed by atoms with van der Waals surface area (Å²) in [5, 5.41) is 11.9. The third kappa shape index (κ3) is 3.81. The molecule has 31 heavy (non-hydrogen) atoms. The number of rotatable bonds is 4. The van der Waals surface area contributed by atoms with Gasteiger partial charge in [0.2, 0.25) is 17.8 Å². The summed E-state index contributed by atoms with van der Waals surface area (Å²) in [6, 6.07) is 10.2. The molecule has 2 amide bonds. The SMILES string of the molecule is O=C(Nc1nnc(-c2ccc3c(c2)OCO3)s1)C1CCCN1C(=O)c1ccc(F)cc1. The number of likely N-dealkylation sites (tertiary alicyclic amines) is 1. The van der Waals surface area contributed by atoms with Crippen LogP contribution in [0.5, 0.6) is 11.5 Å². The second-order valence-electron chi connectivity index (χ2n) is 7.13. The Bertz CT molecular complexity index is 1150. The Hall–Kier alpha value is -3.53. The van der Waals surface area contributed by atoms with E-state index >= 15 is 0 Å². The Morgan fingerprint density at radius 2 is 1.90 bits per heavy atom. The number of aromatic nitrogens is 2. The molecule has 0 saturated carbocycles. The number of hydrogen-bond donors (Lipinski definition) is 1. The maximum Gasteiger partial charge on any atom is 0.254 e. The predicted octanol–water partition coefficient (Wildman–Crippen LogP) is 3.32. The van der Waals surface area contributed by atoms with E-state index < -0.39 is 11.9 Å². The van der Waals surface area contributed by atoms with Gasteiger partial charge in [0.25, 0.3) is 5.91 Å². The summed E-state index contributed by atoms with van der Waals surface area (Å²) in [5.41, 5.74) is 1.15. The van der Waals surface area contributed by atoms with E-state index in [0.29, 0.717) is 46.6 Å². The summed E-state index contributed by atoms with van der Waals surface area (Å²) < 4.78 is 23.8. The number of anilines is 1. The first-order valence-electron chi connectivity index (χ1n) is 9.69. The molecule has 0 bridgehead atoms. The minimum absolute atomic E-state index is 0.185. The van der Waals surface area contributed by atoms with Crippen LogP contribution in [-0.4, -0.2) is 46.3 Å². The molecular weight excluding hydrogens is 423 g/mol. The molecule has 1 atom stereocenters. The Kier molecular flexibility index (Phi) is 4.99. The molecule has 1 fully saturated rings. The highest BCUT2D eigenvalue weighted by atomic mass is 32.1. The molecule has 1 N–H and O–H groups in total. The van der Waals surface area contributed by atoms with Gasteiger partial charge < -0.3 is 14.4 Å². The number of carbonyl (C=O) groups excluding carboxylic acids is 2. The van der Waals surface area contributed by atoms with E-state index in [1.807, 2.05) is 12.1 Å². The Morgan fingerprint density at radius 3 is 2.74 bits per heavy atom. The largest absolute Gasteiger partial charge is 0.454 e. The number of halogens is 1. The molecule has 1 aromatic heterocycles. The van der Waals surface area contributed by atoms with Gasteiger partial charge in [-0.05, 0) is 55.3 Å². The fourth-order valence-electron chi connectivity index (χ4n) is 3.65. The Labute approximate surface area is 180 Å². The van der Waals surface area contributed by atoms with Crippen molar-refractivity contribution >= 4 is 28.3 Å². The highest BCUT2D eigenvalue weighted by Crippen LogP contribution is 2.37. The molecule has 2 aromatic carbocycles. The minimum atomic E-state index is -0.615. The zero-order valence-electron chi connectivity index (χ0n) is 16.2. The van der Waals surface area contributed by atoms with E-state index in [1.54, 1.807) is 6.07 Å². The third-order valence-electron chi connectivity index (χ3n) is 5.18. The lowest BCUT2D eigenvalue weighted by atomic mass is 10.1. The number of nitrogens with one attached hydrogen (secondary N) is 1. The van der Waals surface area contributed by atoms with Crippen LogP contribution < -0.4 is 14.8 Å². The van der Waals surface area contributed by atoms with Gasteiger partial charge in [-0.2, -0.15) is 0 Å². The summed E-state index contributed by atoms with van der Waals surface area (Å²) in [7, 11) is 0. The number of ether oxygens (including phenoxy) is 2. The van der Waals surface area contributed by atoms with Gasteiger partial charge in [-0.3, -0.25) is 14.9 Å². The highest BCUT2D eigenvalue weighted by Gasteiger charge is 2.35. The summed E-state index contributed by atoms with van der Waals surface area (Å²) >= 11 is 1.23. The molecule has 1 saturated heterocycles. The number of fused-ring (bicyclic) bond motifs is 1. The van der Waals surface area contributed by atoms with E-state index in [2.05, 4.69) is 15.5 Å². The molecule has 3 aromatic rings. The van der Waals surface area contributed by atoms with Crippen molar-refractivity contribution in [2.45, 2.75) is 18.9 Å². The monoisotopic (exact) mass is 440 g/mol. The van der Waals surface area contributed by atoms with Crippen LogP contribution in [0.1, 0.15) is 23.2 Å². The van der Waals surface area contributed by atoms with Gasteiger partial charge in [0.05, 0.1) is 0 Å². The molecule has 0 spiro atoms. The van der Waals surface area contributed by atoms with Crippen LogP contribution in [0.15, 0.2) is 42.5 Å². The van der Waals surface area contributed by atoms with Gasteiger partial charge in [0, 0.05) is 17.7 Å². The van der Waals surface area contributed by atoms with Gasteiger partial charge in [-0.25, -0.2) is 4.39 Å². The Morgan fingerprint density at radius 1 is 1.10 bits per heavy atom. The second kappa shape index (κ2) is 7.95. The van der Waals surface area contributed by atoms with E-state index in [9.17, 15) is 14.0 Å². The van der Waals surface area contributed by atoms with Gasteiger partial charge in [-0.1, -0.05) is 11.3 Å². The van der Waals surface area contributed by atoms with Crippen molar-refractivity contribution in [3.05, 3.63) is 53.8 Å². The molecule has 5 rings (SSSR count). The smallest absolute Gasteiger partial charge is 0.254 e. The lowest BCUT2D eigenvalue weighted by Gasteiger charge is -2.23. The normalized spacial score (nSPS) is 17.1. The van der Waals surface area contributed by atoms with Crippen LogP contribution in [-0.2, 0) is 4.79 Å². The van der Waals surface area contributed by atoms with E-state index in [1.165, 1.54) is 40.5 Å². The molecular formula is C21H17FN4O4S. The van der Waals surface area contributed by atoms with Crippen molar-refractivity contribution in [1.82, 2.24) is 15.1 Å². The van der Waals surface area contributed by atoms with Crippen molar-refractivity contribution in [3.8, 4) is 22.1 Å². The fraction of sp³-hybridized carbons (Fsp3) is 0.238. The molecule has 8 nitrogen and oxygen atoms in total. The summed E-state index contributed by atoms with van der Waals surface area (Å²) in [6.07, 6.45) is 1.26. The van der Waals surface area contributed by atoms with E-state index in [0.717, 1.165) is 5.56 Å². The van der Waals surface area contributed by atoms with Crippen molar-refractivity contribution in [2.75, 3.05) is 18.7 Å². The number of amides is 2. The molecule has 3 heterocycles. The van der Waals surface area contributed by atoms with Crippen LogP contribution in [0, 0.1) is 5.82 Å². The second-order valence-corrected chi connectivity index (χ2v) is 8.11. The van der Waals surface area contributed by atoms with Crippen LogP contribution in [0.25, 0.3) is 10.6 Å². The molecule has 2 aliphatic rings. The van der Waals surface area contributed by atoms with Crippen LogP contribution in [0.4, 0.5) is 9.52 Å². The quantitative estimate of drug-likeness (QED) is 0.669. The maximum atomic E-state index is 13.2. The van der Waals surface area contributed by atoms with Crippen molar-refractivity contribution < 1.29 is 23.5 Å². The summed E-state index contributed by atoms with van der Waals surface area (Å²) in [4.78, 5) is 27.2. The lowest BCUT2D eigenvalue weighted by Crippen LogP contribution is -2.43. The van der Waals surface area contributed by atoms with Crippen LogP contribution in [0.2, 0.25) is 0 Å². The van der Waals surface area contributed by atoms with E-state index in [-0.39, 0.29) is 18.6 Å². The lowest BCUT2D eigenvalue weighted by molar-refractivity contribution is -0.119. The van der Waals surface area contributed by atoms with Crippen LogP contribution >= 0.6 is 11.3 Å². The first kappa shape index (κ1) is 19.4. The average Bonchev–Trinajstić information content (AvgIpc) is 3.53. The van der Waals surface area contributed by atoms with Crippen molar-refractivity contribution in [3.63, 3.8) is 0 Å². The van der Waals surface area contributed by atoms with Crippen molar-refractivity contribution in [1.29, 1.82) is 0 Å². The minimum Gasteiger partial charge on any atom is -0.454 e. The zero-order valence-corrected chi connectivity index (χ0v) is 17.0. The fourth-order valence-corrected chi connectivity index (χ4v) is 4.39. The number of carbonyl (C=O) groups is 2. The van der Waals surface area contributed by atoms with Gasteiger partial charge in [-0.15, -0.1) is 10.2 Å². The average molecular weight is 440 g/mol. The molecule has 0 aliphatic carbocycles. The first-order valence-corrected chi connectivity index (χ1v) is 10.5.